The Morgan fingerprint density at radius 2 is 2.06 bits per heavy atom. The zero-order chi connectivity index (χ0) is 13.2. The molecule has 1 unspecified atom stereocenters. The van der Waals surface area contributed by atoms with E-state index in [0.717, 1.165) is 12.1 Å². The lowest BCUT2D eigenvalue weighted by Gasteiger charge is -2.15. The molecule has 3 N–H and O–H groups in total. The predicted molar refractivity (Wildman–Crippen MR) is 58.7 cm³/mol. The number of carbonyl (C=O) groups is 1. The molecule has 1 rings (SSSR count). The van der Waals surface area contributed by atoms with Crippen LogP contribution in [-0.2, 0) is 11.0 Å². The van der Waals surface area contributed by atoms with Gasteiger partial charge in [0.2, 0.25) is 5.91 Å². The standard InChI is InChI=1S/C10H10ClF3N2O/c1-5(15)9(17)16-8-3-2-6(11)4-7(8)10(12,13)14/h2-5H,15H2,1H3,(H,16,17). The van der Waals surface area contributed by atoms with Crippen LogP contribution in [0, 0.1) is 0 Å². The van der Waals surface area contributed by atoms with Gasteiger partial charge in [0, 0.05) is 5.02 Å². The monoisotopic (exact) mass is 266 g/mol. The van der Waals surface area contributed by atoms with Crippen molar-refractivity contribution in [2.75, 3.05) is 5.32 Å². The van der Waals surface area contributed by atoms with E-state index in [1.807, 2.05) is 0 Å². The van der Waals surface area contributed by atoms with Crippen LogP contribution in [0.1, 0.15) is 12.5 Å². The molecule has 0 aliphatic heterocycles. The van der Waals surface area contributed by atoms with E-state index < -0.39 is 23.7 Å². The zero-order valence-electron chi connectivity index (χ0n) is 8.81. The lowest BCUT2D eigenvalue weighted by Crippen LogP contribution is -2.33. The van der Waals surface area contributed by atoms with Gasteiger partial charge in [-0.05, 0) is 25.1 Å². The average molecular weight is 267 g/mol. The summed E-state index contributed by atoms with van der Waals surface area (Å²) in [5, 5.41) is 2.04. The second-order valence-electron chi connectivity index (χ2n) is 3.47. The number of benzene rings is 1. The van der Waals surface area contributed by atoms with Crippen molar-refractivity contribution >= 4 is 23.2 Å². The Hall–Kier alpha value is -1.27. The number of nitrogens with two attached hydrogens (primary N) is 1. The molecule has 0 spiro atoms. The number of anilines is 1. The Morgan fingerprint density at radius 3 is 2.53 bits per heavy atom. The summed E-state index contributed by atoms with van der Waals surface area (Å²) in [5.74, 6) is -0.696. The Kier molecular flexibility index (Phi) is 4.00. The molecule has 0 heterocycles. The molecule has 1 amide bonds. The number of hydrogen-bond donors (Lipinski definition) is 2. The molecule has 0 saturated heterocycles. The summed E-state index contributed by atoms with van der Waals surface area (Å²) in [4.78, 5) is 11.2. The van der Waals surface area contributed by atoms with E-state index in [-0.39, 0.29) is 10.7 Å². The largest absolute Gasteiger partial charge is 0.418 e. The molecule has 94 valence electrons. The lowest BCUT2D eigenvalue weighted by molar-refractivity contribution is -0.137. The van der Waals surface area contributed by atoms with Gasteiger partial charge >= 0.3 is 6.18 Å². The van der Waals surface area contributed by atoms with Crippen LogP contribution in [0.25, 0.3) is 0 Å². The van der Waals surface area contributed by atoms with Gasteiger partial charge in [0.1, 0.15) is 0 Å². The van der Waals surface area contributed by atoms with Crippen LogP contribution in [0.4, 0.5) is 18.9 Å². The van der Waals surface area contributed by atoms with Gasteiger partial charge in [-0.2, -0.15) is 13.2 Å². The highest BCUT2D eigenvalue weighted by Crippen LogP contribution is 2.36. The van der Waals surface area contributed by atoms with Crippen LogP contribution >= 0.6 is 11.6 Å². The maximum atomic E-state index is 12.6. The highest BCUT2D eigenvalue weighted by atomic mass is 35.5. The number of halogens is 4. The molecule has 1 aromatic carbocycles. The zero-order valence-corrected chi connectivity index (χ0v) is 9.56. The third-order valence-corrected chi connectivity index (χ3v) is 2.19. The minimum absolute atomic E-state index is 0.0591. The minimum atomic E-state index is -4.59. The molecule has 0 bridgehead atoms. The molecular formula is C10H10ClF3N2O. The summed E-state index contributed by atoms with van der Waals surface area (Å²) in [6, 6.07) is 2.20. The number of carbonyl (C=O) groups excluding carboxylic acids is 1. The van der Waals surface area contributed by atoms with E-state index in [1.165, 1.54) is 13.0 Å². The maximum Gasteiger partial charge on any atom is 0.418 e. The molecule has 1 atom stereocenters. The van der Waals surface area contributed by atoms with Crippen molar-refractivity contribution < 1.29 is 18.0 Å². The fourth-order valence-electron chi connectivity index (χ4n) is 1.11. The van der Waals surface area contributed by atoms with Crippen LogP contribution < -0.4 is 11.1 Å². The van der Waals surface area contributed by atoms with Crippen molar-refractivity contribution in [2.45, 2.75) is 19.1 Å². The highest BCUT2D eigenvalue weighted by molar-refractivity contribution is 6.30. The first-order chi connectivity index (χ1) is 7.71. The normalized spacial score (nSPS) is 13.3. The van der Waals surface area contributed by atoms with Gasteiger partial charge in [-0.3, -0.25) is 4.79 Å². The van der Waals surface area contributed by atoms with Gasteiger partial charge in [-0.25, -0.2) is 0 Å². The van der Waals surface area contributed by atoms with Crippen LogP contribution in [-0.4, -0.2) is 11.9 Å². The molecule has 0 aromatic heterocycles. The Balaban J connectivity index is 3.12. The Morgan fingerprint density at radius 1 is 1.47 bits per heavy atom. The number of nitrogens with one attached hydrogen (secondary N) is 1. The van der Waals surface area contributed by atoms with E-state index in [2.05, 4.69) is 5.32 Å². The Bertz CT molecular complexity index is 432. The highest BCUT2D eigenvalue weighted by Gasteiger charge is 2.34. The minimum Gasteiger partial charge on any atom is -0.324 e. The topological polar surface area (TPSA) is 55.1 Å². The first-order valence-electron chi connectivity index (χ1n) is 4.65. The molecule has 0 fully saturated rings. The van der Waals surface area contributed by atoms with Crippen molar-refractivity contribution in [3.63, 3.8) is 0 Å². The maximum absolute atomic E-state index is 12.6. The van der Waals surface area contributed by atoms with Gasteiger partial charge in [0.25, 0.3) is 0 Å². The summed E-state index contributed by atoms with van der Waals surface area (Å²) >= 11 is 5.48. The van der Waals surface area contributed by atoms with Gasteiger partial charge in [0.05, 0.1) is 17.3 Å². The Labute approximate surface area is 101 Å². The van der Waals surface area contributed by atoms with Crippen LogP contribution in [0.2, 0.25) is 5.02 Å². The number of alkyl halides is 3. The van der Waals surface area contributed by atoms with Crippen molar-refractivity contribution in [3.8, 4) is 0 Å². The van der Waals surface area contributed by atoms with E-state index in [9.17, 15) is 18.0 Å². The summed E-state index contributed by atoms with van der Waals surface area (Å²) in [6.07, 6.45) is -4.59. The first kappa shape index (κ1) is 13.8. The number of amides is 1. The fraction of sp³-hybridized carbons (Fsp3) is 0.300. The van der Waals surface area contributed by atoms with Crippen molar-refractivity contribution in [2.24, 2.45) is 5.73 Å². The van der Waals surface area contributed by atoms with Crippen molar-refractivity contribution in [3.05, 3.63) is 28.8 Å². The van der Waals surface area contributed by atoms with E-state index >= 15 is 0 Å². The van der Waals surface area contributed by atoms with Gasteiger partial charge < -0.3 is 11.1 Å². The quantitative estimate of drug-likeness (QED) is 0.865. The molecule has 0 aliphatic carbocycles. The molecule has 1 aromatic rings. The predicted octanol–water partition coefficient (Wildman–Crippen LogP) is 2.64. The third kappa shape index (κ3) is 3.61. The SMILES string of the molecule is CC(N)C(=O)Nc1ccc(Cl)cc1C(F)(F)F. The van der Waals surface area contributed by atoms with Crippen molar-refractivity contribution in [1.29, 1.82) is 0 Å². The average Bonchev–Trinajstić information content (AvgIpc) is 2.18. The second-order valence-corrected chi connectivity index (χ2v) is 3.90. The van der Waals surface area contributed by atoms with Crippen molar-refractivity contribution in [1.82, 2.24) is 0 Å². The summed E-state index contributed by atoms with van der Waals surface area (Å²) in [5.41, 5.74) is 3.90. The smallest absolute Gasteiger partial charge is 0.324 e. The van der Waals surface area contributed by atoms with Crippen LogP contribution in [0.5, 0.6) is 0 Å². The summed E-state index contributed by atoms with van der Waals surface area (Å²) in [7, 11) is 0. The summed E-state index contributed by atoms with van der Waals surface area (Å²) in [6.45, 7) is 1.37. The third-order valence-electron chi connectivity index (χ3n) is 1.96. The van der Waals surface area contributed by atoms with Gasteiger partial charge in [-0.15, -0.1) is 0 Å². The first-order valence-corrected chi connectivity index (χ1v) is 5.03. The van der Waals surface area contributed by atoms with E-state index in [0.29, 0.717) is 0 Å². The number of hydrogen-bond acceptors (Lipinski definition) is 2. The molecule has 7 heteroatoms. The number of rotatable bonds is 2. The molecule has 0 radical (unpaired) electrons. The van der Waals surface area contributed by atoms with E-state index in [1.54, 1.807) is 0 Å². The summed E-state index contributed by atoms with van der Waals surface area (Å²) < 4.78 is 37.9. The lowest BCUT2D eigenvalue weighted by atomic mass is 10.1. The molecule has 0 aliphatic rings. The molecule has 17 heavy (non-hydrogen) atoms. The van der Waals surface area contributed by atoms with Gasteiger partial charge in [0.15, 0.2) is 0 Å². The fourth-order valence-corrected chi connectivity index (χ4v) is 1.28. The molecular weight excluding hydrogens is 257 g/mol. The van der Waals surface area contributed by atoms with Crippen LogP contribution in [0.3, 0.4) is 0 Å². The molecule has 3 nitrogen and oxygen atoms in total. The second kappa shape index (κ2) is 4.93. The molecule has 0 saturated carbocycles. The van der Waals surface area contributed by atoms with Gasteiger partial charge in [-0.1, -0.05) is 11.6 Å². The van der Waals surface area contributed by atoms with E-state index in [4.69, 9.17) is 17.3 Å². The van der Waals surface area contributed by atoms with Crippen LogP contribution in [0.15, 0.2) is 18.2 Å².